The third kappa shape index (κ3) is 7.61. The van der Waals surface area contributed by atoms with Crippen LogP contribution in [0.15, 0.2) is 47.6 Å². The van der Waals surface area contributed by atoms with E-state index in [-0.39, 0.29) is 11.5 Å². The molecule has 3 heteroatoms. The predicted octanol–water partition coefficient (Wildman–Crippen LogP) is 8.99. The molecule has 40 heavy (non-hydrogen) atoms. The minimum absolute atomic E-state index is 0.166. The molecule has 4 aliphatic rings. The van der Waals surface area contributed by atoms with E-state index >= 15 is 0 Å². The molecular weight excluding hydrogens is 492 g/mol. The minimum atomic E-state index is -0.626. The van der Waals surface area contributed by atoms with Gasteiger partial charge in [0.05, 0.1) is 18.3 Å². The van der Waals surface area contributed by atoms with E-state index < -0.39 is 12.2 Å². The number of unbranched alkanes of at least 4 members (excludes halogenated alkanes) is 7. The lowest BCUT2D eigenvalue weighted by Crippen LogP contribution is -2.35. The third-order valence-corrected chi connectivity index (χ3v) is 11.6. The van der Waals surface area contributed by atoms with Crippen molar-refractivity contribution in [3.8, 4) is 0 Å². The Bertz CT molecular complexity index is 924. The number of hydrogen-bond acceptors (Lipinski definition) is 3. The molecule has 0 heterocycles. The quantitative estimate of drug-likeness (QED) is 0.149. The van der Waals surface area contributed by atoms with E-state index in [0.29, 0.717) is 36.0 Å². The van der Waals surface area contributed by atoms with Crippen molar-refractivity contribution in [2.45, 2.75) is 155 Å². The molecular formula is C37H60O3. The van der Waals surface area contributed by atoms with E-state index in [1.54, 1.807) is 5.57 Å². The first-order chi connectivity index (χ1) is 19.2. The summed E-state index contributed by atoms with van der Waals surface area (Å²) >= 11 is 0. The van der Waals surface area contributed by atoms with E-state index in [9.17, 15) is 15.3 Å². The van der Waals surface area contributed by atoms with Crippen LogP contribution in [0.5, 0.6) is 0 Å². The Hall–Kier alpha value is -1.16. The topological polar surface area (TPSA) is 60.7 Å². The summed E-state index contributed by atoms with van der Waals surface area (Å²) in [7, 11) is 0. The standard InChI is InChI=1S/C37H60O3/c1-5-6-7-8-9-10-11-12-22-37(23-24-37)35(40)20-15-27(2)32-18-19-33-29(14-13-21-36(32,33)4)16-17-30-25-31(38)26-34(39)28(30)3/h15-17,20,27,31-35,38-40H,3,5-14,18-19,21-26H2,1-2,4H3/t27-,31-,32-,33+,34+,35+,36-/m1/s1. The van der Waals surface area contributed by atoms with Gasteiger partial charge in [0.1, 0.15) is 0 Å². The van der Waals surface area contributed by atoms with E-state index in [1.807, 2.05) is 0 Å². The first-order valence-electron chi connectivity index (χ1n) is 17.0. The predicted molar refractivity (Wildman–Crippen MR) is 168 cm³/mol. The fourth-order valence-corrected chi connectivity index (χ4v) is 8.69. The van der Waals surface area contributed by atoms with Gasteiger partial charge in [-0.15, -0.1) is 0 Å². The van der Waals surface area contributed by atoms with Crippen molar-refractivity contribution in [1.29, 1.82) is 0 Å². The van der Waals surface area contributed by atoms with Crippen molar-refractivity contribution in [3.05, 3.63) is 47.6 Å². The minimum Gasteiger partial charge on any atom is -0.393 e. The number of rotatable bonds is 14. The molecule has 0 saturated heterocycles. The molecule has 4 fully saturated rings. The van der Waals surface area contributed by atoms with Crippen LogP contribution in [0.2, 0.25) is 0 Å². The Labute approximate surface area is 245 Å². The van der Waals surface area contributed by atoms with Gasteiger partial charge in [0.2, 0.25) is 0 Å². The summed E-state index contributed by atoms with van der Waals surface area (Å²) in [5.41, 5.74) is 3.79. The molecule has 4 aliphatic carbocycles. The summed E-state index contributed by atoms with van der Waals surface area (Å²) in [5.74, 6) is 1.73. The number of aliphatic hydroxyl groups excluding tert-OH is 3. The van der Waals surface area contributed by atoms with Crippen molar-refractivity contribution < 1.29 is 15.3 Å². The van der Waals surface area contributed by atoms with Gasteiger partial charge >= 0.3 is 0 Å². The van der Waals surface area contributed by atoms with Gasteiger partial charge in [-0.3, -0.25) is 0 Å². The lowest BCUT2D eigenvalue weighted by atomic mass is 9.61. The maximum absolute atomic E-state index is 11.2. The highest BCUT2D eigenvalue weighted by Gasteiger charge is 2.51. The van der Waals surface area contributed by atoms with Gasteiger partial charge in [-0.1, -0.05) is 109 Å². The summed E-state index contributed by atoms with van der Waals surface area (Å²) in [5, 5.41) is 31.6. The molecule has 0 amide bonds. The molecule has 0 aromatic heterocycles. The van der Waals surface area contributed by atoms with Crippen molar-refractivity contribution in [1.82, 2.24) is 0 Å². The molecule has 7 atom stereocenters. The number of fused-ring (bicyclic) bond motifs is 1. The highest BCUT2D eigenvalue weighted by molar-refractivity contribution is 5.38. The summed E-state index contributed by atoms with van der Waals surface area (Å²) in [6.07, 6.45) is 29.1. The highest BCUT2D eigenvalue weighted by Crippen LogP contribution is 2.60. The summed E-state index contributed by atoms with van der Waals surface area (Å²) in [6.45, 7) is 11.3. The number of allylic oxidation sites excluding steroid dienone is 4. The van der Waals surface area contributed by atoms with Gasteiger partial charge in [-0.05, 0) is 97.5 Å². The van der Waals surface area contributed by atoms with Gasteiger partial charge in [0.25, 0.3) is 0 Å². The average Bonchev–Trinajstić information content (AvgIpc) is 3.63. The van der Waals surface area contributed by atoms with Gasteiger partial charge in [0.15, 0.2) is 0 Å². The Morgan fingerprint density at radius 2 is 1.65 bits per heavy atom. The van der Waals surface area contributed by atoms with E-state index in [0.717, 1.165) is 17.6 Å². The smallest absolute Gasteiger partial charge is 0.0811 e. The van der Waals surface area contributed by atoms with E-state index in [4.69, 9.17) is 0 Å². The Morgan fingerprint density at radius 1 is 0.950 bits per heavy atom. The molecule has 4 rings (SSSR count). The van der Waals surface area contributed by atoms with Crippen molar-refractivity contribution in [2.24, 2.45) is 28.6 Å². The van der Waals surface area contributed by atoms with Crippen LogP contribution in [0.25, 0.3) is 0 Å². The number of aliphatic hydroxyl groups is 3. The fraction of sp³-hybridized carbons (Fsp3) is 0.784. The Morgan fingerprint density at radius 3 is 2.35 bits per heavy atom. The summed E-state index contributed by atoms with van der Waals surface area (Å²) in [6, 6.07) is 0. The van der Waals surface area contributed by atoms with Crippen LogP contribution in [0.1, 0.15) is 136 Å². The van der Waals surface area contributed by atoms with E-state index in [1.165, 1.54) is 96.3 Å². The molecule has 0 unspecified atom stereocenters. The molecule has 0 aromatic carbocycles. The Kier molecular flexibility index (Phi) is 11.4. The maximum atomic E-state index is 11.2. The molecule has 226 valence electrons. The molecule has 0 bridgehead atoms. The second kappa shape index (κ2) is 14.3. The van der Waals surface area contributed by atoms with Crippen LogP contribution < -0.4 is 0 Å². The van der Waals surface area contributed by atoms with Gasteiger partial charge in [-0.25, -0.2) is 0 Å². The van der Waals surface area contributed by atoms with Gasteiger partial charge in [-0.2, -0.15) is 0 Å². The van der Waals surface area contributed by atoms with Crippen molar-refractivity contribution in [2.75, 3.05) is 0 Å². The normalized spacial score (nSPS) is 35.4. The van der Waals surface area contributed by atoms with Crippen LogP contribution in [0.4, 0.5) is 0 Å². The lowest BCUT2D eigenvalue weighted by molar-refractivity contribution is 0.0862. The zero-order chi connectivity index (χ0) is 28.8. The van der Waals surface area contributed by atoms with Crippen molar-refractivity contribution in [3.63, 3.8) is 0 Å². The van der Waals surface area contributed by atoms with Crippen LogP contribution in [-0.2, 0) is 0 Å². The SMILES string of the molecule is C=C1C(=CC=C2CCC[C@]3(C)[C@@H]([C@H](C)C=C[C@H](O)C4(CCCCCCCCCC)CC4)CC[C@@H]23)C[C@@H](O)C[C@@H]1O. The van der Waals surface area contributed by atoms with E-state index in [2.05, 4.69) is 51.7 Å². The third-order valence-electron chi connectivity index (χ3n) is 11.6. The zero-order valence-electron chi connectivity index (χ0n) is 26.1. The second-order valence-electron chi connectivity index (χ2n) is 14.4. The van der Waals surface area contributed by atoms with Gasteiger partial charge in [0, 0.05) is 6.42 Å². The largest absolute Gasteiger partial charge is 0.393 e. The zero-order valence-corrected chi connectivity index (χ0v) is 26.1. The molecule has 3 N–H and O–H groups in total. The van der Waals surface area contributed by atoms with Crippen LogP contribution >= 0.6 is 0 Å². The lowest BCUT2D eigenvalue weighted by Gasteiger charge is -2.44. The average molecular weight is 553 g/mol. The van der Waals surface area contributed by atoms with Crippen LogP contribution in [0.3, 0.4) is 0 Å². The van der Waals surface area contributed by atoms with Crippen molar-refractivity contribution >= 4 is 0 Å². The monoisotopic (exact) mass is 552 g/mol. The molecule has 0 aromatic rings. The number of hydrogen-bond donors (Lipinski definition) is 3. The fourth-order valence-electron chi connectivity index (χ4n) is 8.69. The molecule has 3 nitrogen and oxygen atoms in total. The Balaban J connectivity index is 1.30. The molecule has 0 radical (unpaired) electrons. The van der Waals surface area contributed by atoms with Crippen LogP contribution in [-0.4, -0.2) is 33.6 Å². The van der Waals surface area contributed by atoms with Gasteiger partial charge < -0.3 is 15.3 Å². The van der Waals surface area contributed by atoms with Crippen LogP contribution in [0, 0.1) is 28.6 Å². The molecule has 0 aliphatic heterocycles. The summed E-state index contributed by atoms with van der Waals surface area (Å²) < 4.78 is 0. The highest BCUT2D eigenvalue weighted by atomic mass is 16.3. The molecule has 0 spiro atoms. The maximum Gasteiger partial charge on any atom is 0.0811 e. The second-order valence-corrected chi connectivity index (χ2v) is 14.4. The molecule has 4 saturated carbocycles. The first-order valence-corrected chi connectivity index (χ1v) is 17.0. The summed E-state index contributed by atoms with van der Waals surface area (Å²) in [4.78, 5) is 0. The first kappa shape index (κ1) is 31.8.